The van der Waals surface area contributed by atoms with Crippen molar-refractivity contribution in [2.45, 2.75) is 20.0 Å². The molecular formula is C12H17NO2. The van der Waals surface area contributed by atoms with Crippen LogP contribution in [-0.4, -0.2) is 25.9 Å². The van der Waals surface area contributed by atoms with E-state index in [0.717, 1.165) is 18.8 Å². The summed E-state index contributed by atoms with van der Waals surface area (Å²) in [6.45, 7) is 6.51. The summed E-state index contributed by atoms with van der Waals surface area (Å²) < 4.78 is 5.12. The van der Waals surface area contributed by atoms with Gasteiger partial charge in [0.1, 0.15) is 12.7 Å². The van der Waals surface area contributed by atoms with Crippen molar-refractivity contribution in [1.82, 2.24) is 0 Å². The van der Waals surface area contributed by atoms with Gasteiger partial charge in [-0.05, 0) is 25.5 Å². The lowest BCUT2D eigenvalue weighted by Crippen LogP contribution is -2.25. The van der Waals surface area contributed by atoms with Crippen LogP contribution in [0.25, 0.3) is 0 Å². The highest BCUT2D eigenvalue weighted by molar-refractivity contribution is 5.50. The molecule has 1 aromatic rings. The second kappa shape index (κ2) is 4.64. The summed E-state index contributed by atoms with van der Waals surface area (Å²) >= 11 is 0. The minimum Gasteiger partial charge on any atom is -0.371 e. The molecule has 15 heavy (non-hydrogen) atoms. The van der Waals surface area contributed by atoms with Gasteiger partial charge in [0.2, 0.25) is 0 Å². The van der Waals surface area contributed by atoms with E-state index in [4.69, 9.17) is 9.57 Å². The van der Waals surface area contributed by atoms with Crippen LogP contribution in [-0.2, 0) is 9.57 Å². The number of ether oxygens (including phenoxy) is 1. The Morgan fingerprint density at radius 1 is 1.47 bits per heavy atom. The quantitative estimate of drug-likeness (QED) is 0.546. The molecule has 1 unspecified atom stereocenters. The molecule has 0 aromatic heterocycles. The third-order valence-corrected chi connectivity index (χ3v) is 2.49. The number of nitrogens with zero attached hydrogens (tertiary/aromatic N) is 1. The van der Waals surface area contributed by atoms with Crippen LogP contribution in [0.1, 0.15) is 12.5 Å². The summed E-state index contributed by atoms with van der Waals surface area (Å²) in [5, 5.41) is 1.93. The Labute approximate surface area is 90.6 Å². The van der Waals surface area contributed by atoms with Crippen LogP contribution in [0.15, 0.2) is 24.3 Å². The fourth-order valence-corrected chi connectivity index (χ4v) is 1.51. The van der Waals surface area contributed by atoms with E-state index in [2.05, 4.69) is 26.0 Å². The van der Waals surface area contributed by atoms with Gasteiger partial charge in [0, 0.05) is 6.54 Å². The van der Waals surface area contributed by atoms with Crippen LogP contribution < -0.4 is 5.06 Å². The van der Waals surface area contributed by atoms with Crippen molar-refractivity contribution in [3.8, 4) is 0 Å². The molecular weight excluding hydrogens is 190 g/mol. The fourth-order valence-electron chi connectivity index (χ4n) is 1.51. The highest BCUT2D eigenvalue weighted by atomic mass is 16.7. The van der Waals surface area contributed by atoms with Crippen molar-refractivity contribution in [3.63, 3.8) is 0 Å². The molecule has 1 heterocycles. The van der Waals surface area contributed by atoms with E-state index in [-0.39, 0.29) is 0 Å². The molecule has 1 aromatic carbocycles. The average molecular weight is 207 g/mol. The van der Waals surface area contributed by atoms with E-state index < -0.39 is 0 Å². The van der Waals surface area contributed by atoms with Gasteiger partial charge in [-0.15, -0.1) is 0 Å². The van der Waals surface area contributed by atoms with Gasteiger partial charge in [0.25, 0.3) is 0 Å². The highest BCUT2D eigenvalue weighted by Crippen LogP contribution is 2.20. The first-order valence-corrected chi connectivity index (χ1v) is 5.39. The van der Waals surface area contributed by atoms with E-state index in [1.165, 1.54) is 5.56 Å². The minimum absolute atomic E-state index is 0.308. The monoisotopic (exact) mass is 207 g/mol. The van der Waals surface area contributed by atoms with Crippen molar-refractivity contribution < 1.29 is 9.57 Å². The third-order valence-electron chi connectivity index (χ3n) is 2.49. The van der Waals surface area contributed by atoms with Gasteiger partial charge in [-0.1, -0.05) is 18.2 Å². The molecule has 0 spiro atoms. The fraction of sp³-hybridized carbons (Fsp3) is 0.500. The zero-order chi connectivity index (χ0) is 10.7. The van der Waals surface area contributed by atoms with E-state index in [9.17, 15) is 0 Å². The van der Waals surface area contributed by atoms with Crippen LogP contribution in [0.4, 0.5) is 5.69 Å². The number of anilines is 1. The molecule has 1 aliphatic rings. The number of rotatable bonds is 5. The minimum atomic E-state index is 0.308. The van der Waals surface area contributed by atoms with Crippen molar-refractivity contribution in [3.05, 3.63) is 29.8 Å². The van der Waals surface area contributed by atoms with Crippen LogP contribution in [0.2, 0.25) is 0 Å². The van der Waals surface area contributed by atoms with Crippen LogP contribution in [0, 0.1) is 6.92 Å². The van der Waals surface area contributed by atoms with Gasteiger partial charge in [0.15, 0.2) is 0 Å². The maximum atomic E-state index is 5.69. The molecule has 82 valence electrons. The summed E-state index contributed by atoms with van der Waals surface area (Å²) in [6, 6.07) is 8.24. The first kappa shape index (κ1) is 10.5. The normalized spacial score (nSPS) is 18.9. The molecule has 1 fully saturated rings. The van der Waals surface area contributed by atoms with Gasteiger partial charge in [-0.25, -0.2) is 0 Å². The SMILES string of the molecule is CCN(OCC1CO1)c1ccccc1C. The Morgan fingerprint density at radius 3 is 2.80 bits per heavy atom. The molecule has 0 radical (unpaired) electrons. The van der Waals surface area contributed by atoms with Gasteiger partial charge >= 0.3 is 0 Å². The molecule has 2 rings (SSSR count). The maximum absolute atomic E-state index is 5.69. The van der Waals surface area contributed by atoms with E-state index in [0.29, 0.717) is 12.7 Å². The largest absolute Gasteiger partial charge is 0.371 e. The molecule has 3 nitrogen and oxygen atoms in total. The summed E-state index contributed by atoms with van der Waals surface area (Å²) in [6.07, 6.45) is 0.308. The van der Waals surface area contributed by atoms with Crippen molar-refractivity contribution in [1.29, 1.82) is 0 Å². The molecule has 1 aliphatic heterocycles. The maximum Gasteiger partial charge on any atom is 0.107 e. The highest BCUT2D eigenvalue weighted by Gasteiger charge is 2.24. The Balaban J connectivity index is 2.00. The molecule has 0 amide bonds. The lowest BCUT2D eigenvalue weighted by Gasteiger charge is -2.23. The third kappa shape index (κ3) is 2.70. The Bertz CT molecular complexity index is 323. The molecule has 0 N–H and O–H groups in total. The zero-order valence-electron chi connectivity index (χ0n) is 9.27. The van der Waals surface area contributed by atoms with Gasteiger partial charge < -0.3 is 4.74 Å². The van der Waals surface area contributed by atoms with Gasteiger partial charge in [-0.2, -0.15) is 0 Å². The molecule has 0 aliphatic carbocycles. The topological polar surface area (TPSA) is 25.0 Å². The van der Waals surface area contributed by atoms with Crippen LogP contribution in [0.5, 0.6) is 0 Å². The second-order valence-corrected chi connectivity index (χ2v) is 3.73. The van der Waals surface area contributed by atoms with Gasteiger partial charge in [0.05, 0.1) is 12.3 Å². The number of hydrogen-bond donors (Lipinski definition) is 0. The Hall–Kier alpha value is -1.06. The molecule has 1 atom stereocenters. The standard InChI is InChI=1S/C12H17NO2/c1-3-13(15-9-11-8-14-11)12-7-5-4-6-10(12)2/h4-7,11H,3,8-9H2,1-2H3. The van der Waals surface area contributed by atoms with E-state index >= 15 is 0 Å². The number of hydrogen-bond acceptors (Lipinski definition) is 3. The Morgan fingerprint density at radius 2 is 2.20 bits per heavy atom. The molecule has 0 saturated carbocycles. The number of para-hydroxylation sites is 1. The predicted molar refractivity (Wildman–Crippen MR) is 59.9 cm³/mol. The van der Waals surface area contributed by atoms with Crippen LogP contribution >= 0.6 is 0 Å². The smallest absolute Gasteiger partial charge is 0.107 e. The molecule has 1 saturated heterocycles. The zero-order valence-corrected chi connectivity index (χ0v) is 9.27. The summed E-state index contributed by atoms with van der Waals surface area (Å²) in [5.41, 5.74) is 2.37. The number of benzene rings is 1. The Kier molecular flexibility index (Phi) is 3.23. The number of epoxide rings is 1. The first-order valence-electron chi connectivity index (χ1n) is 5.39. The number of aryl methyl sites for hydroxylation is 1. The lowest BCUT2D eigenvalue weighted by molar-refractivity contribution is 0.0950. The molecule has 3 heteroatoms. The van der Waals surface area contributed by atoms with Crippen LogP contribution in [0.3, 0.4) is 0 Å². The van der Waals surface area contributed by atoms with Crippen molar-refractivity contribution in [2.24, 2.45) is 0 Å². The van der Waals surface area contributed by atoms with Crippen molar-refractivity contribution in [2.75, 3.05) is 24.8 Å². The molecule has 0 bridgehead atoms. The van der Waals surface area contributed by atoms with E-state index in [1.54, 1.807) is 0 Å². The van der Waals surface area contributed by atoms with Crippen molar-refractivity contribution >= 4 is 5.69 Å². The summed E-state index contributed by atoms with van der Waals surface area (Å²) in [7, 11) is 0. The summed E-state index contributed by atoms with van der Waals surface area (Å²) in [5.74, 6) is 0. The van der Waals surface area contributed by atoms with Gasteiger partial charge in [-0.3, -0.25) is 9.90 Å². The second-order valence-electron chi connectivity index (χ2n) is 3.73. The first-order chi connectivity index (χ1) is 7.31. The predicted octanol–water partition coefficient (Wildman–Crippen LogP) is 2.15. The number of hydroxylamine groups is 1. The van der Waals surface area contributed by atoms with E-state index in [1.807, 2.05) is 17.2 Å². The lowest BCUT2D eigenvalue weighted by atomic mass is 10.2. The summed E-state index contributed by atoms with van der Waals surface area (Å²) in [4.78, 5) is 5.69. The average Bonchev–Trinajstić information content (AvgIpc) is 3.05.